The lowest BCUT2D eigenvalue weighted by atomic mass is 10.0. The molecule has 2 saturated heterocycles. The Hall–Kier alpha value is -1.48. The third kappa shape index (κ3) is 1.40. The highest BCUT2D eigenvalue weighted by atomic mass is 16.7. The molecule has 18 heavy (non-hydrogen) atoms. The highest BCUT2D eigenvalue weighted by Gasteiger charge is 2.61. The van der Waals surface area contributed by atoms with Crippen molar-refractivity contribution in [2.24, 2.45) is 0 Å². The molecule has 0 amide bonds. The van der Waals surface area contributed by atoms with Crippen LogP contribution in [-0.2, 0) is 9.47 Å². The first-order chi connectivity index (χ1) is 8.57. The van der Waals surface area contributed by atoms with Crippen LogP contribution in [0, 0.1) is 0 Å². The molecule has 1 aromatic rings. The maximum atomic E-state index is 11.7. The average molecular weight is 255 g/mol. The van der Waals surface area contributed by atoms with Gasteiger partial charge in [-0.2, -0.15) is 4.98 Å². The highest BCUT2D eigenvalue weighted by Crippen LogP contribution is 2.44. The Kier molecular flexibility index (Phi) is 2.42. The second-order valence-corrected chi connectivity index (χ2v) is 4.49. The Bertz CT molecular complexity index is 532. The first-order valence-corrected chi connectivity index (χ1v) is 5.50. The van der Waals surface area contributed by atoms with Gasteiger partial charge < -0.3 is 25.4 Å². The fourth-order valence-corrected chi connectivity index (χ4v) is 2.37. The number of anilines is 1. The summed E-state index contributed by atoms with van der Waals surface area (Å²) >= 11 is 0. The van der Waals surface area contributed by atoms with E-state index in [1.807, 2.05) is 0 Å². The predicted molar refractivity (Wildman–Crippen MR) is 58.6 cm³/mol. The molecule has 0 spiro atoms. The number of hydrogen-bond acceptors (Lipinski definition) is 7. The molecule has 0 radical (unpaired) electrons. The molecule has 4 atom stereocenters. The summed E-state index contributed by atoms with van der Waals surface area (Å²) in [6.45, 7) is -0.276. The lowest BCUT2D eigenvalue weighted by molar-refractivity contribution is -0.187. The summed E-state index contributed by atoms with van der Waals surface area (Å²) in [5.41, 5.74) is 3.65. The number of nitrogen functional groups attached to an aromatic ring is 1. The molecule has 3 heterocycles. The first kappa shape index (κ1) is 11.6. The van der Waals surface area contributed by atoms with Crippen LogP contribution in [0.25, 0.3) is 0 Å². The minimum Gasteiger partial charge on any atom is -0.393 e. The Morgan fingerprint density at radius 1 is 1.67 bits per heavy atom. The van der Waals surface area contributed by atoms with Crippen molar-refractivity contribution < 1.29 is 19.7 Å². The van der Waals surface area contributed by atoms with E-state index in [0.717, 1.165) is 0 Å². The van der Waals surface area contributed by atoms with Crippen LogP contribution < -0.4 is 11.4 Å². The average Bonchev–Trinajstić information content (AvgIpc) is 2.81. The van der Waals surface area contributed by atoms with E-state index in [2.05, 4.69) is 4.98 Å². The summed E-state index contributed by atoms with van der Waals surface area (Å²) in [5, 5.41) is 19.3. The van der Waals surface area contributed by atoms with E-state index >= 15 is 0 Å². The molecule has 0 unspecified atom stereocenters. The van der Waals surface area contributed by atoms with Crippen molar-refractivity contribution in [3.8, 4) is 0 Å². The summed E-state index contributed by atoms with van der Waals surface area (Å²) in [5.74, 6) is 0.109. The molecule has 0 aliphatic carbocycles. The number of fused-ring (bicyclic) bond motifs is 2. The number of aliphatic hydroxyl groups excluding tert-OH is 2. The molecule has 98 valence electrons. The Morgan fingerprint density at radius 3 is 3.06 bits per heavy atom. The molecule has 4 N–H and O–H groups in total. The Balaban J connectivity index is 1.98. The van der Waals surface area contributed by atoms with Crippen LogP contribution in [0.15, 0.2) is 17.1 Å². The van der Waals surface area contributed by atoms with E-state index in [9.17, 15) is 15.0 Å². The van der Waals surface area contributed by atoms with Gasteiger partial charge >= 0.3 is 5.69 Å². The molecular weight excluding hydrogens is 242 g/mol. The fourth-order valence-electron chi connectivity index (χ4n) is 2.37. The monoisotopic (exact) mass is 255 g/mol. The number of hydrogen-bond donors (Lipinski definition) is 3. The molecular formula is C10H13N3O5. The summed E-state index contributed by atoms with van der Waals surface area (Å²) < 4.78 is 12.1. The number of aliphatic hydroxyl groups is 2. The van der Waals surface area contributed by atoms with Crippen molar-refractivity contribution in [1.29, 1.82) is 0 Å². The maximum Gasteiger partial charge on any atom is 0.351 e. The van der Waals surface area contributed by atoms with Crippen molar-refractivity contribution in [1.82, 2.24) is 9.55 Å². The minimum absolute atomic E-state index is 0.100. The van der Waals surface area contributed by atoms with E-state index in [1.54, 1.807) is 0 Å². The highest BCUT2D eigenvalue weighted by molar-refractivity contribution is 5.24. The fraction of sp³-hybridized carbons (Fsp3) is 0.600. The lowest BCUT2D eigenvalue weighted by Crippen LogP contribution is -2.44. The van der Waals surface area contributed by atoms with E-state index in [1.165, 1.54) is 16.8 Å². The Labute approximate surface area is 102 Å². The molecule has 8 heteroatoms. The van der Waals surface area contributed by atoms with Crippen molar-refractivity contribution in [3.63, 3.8) is 0 Å². The molecule has 2 aliphatic rings. The van der Waals surface area contributed by atoms with Gasteiger partial charge in [-0.05, 0) is 6.07 Å². The topological polar surface area (TPSA) is 120 Å². The van der Waals surface area contributed by atoms with Gasteiger partial charge in [0.05, 0.1) is 13.2 Å². The second kappa shape index (κ2) is 3.75. The van der Waals surface area contributed by atoms with Gasteiger partial charge in [0.2, 0.25) is 0 Å². The number of nitrogens with two attached hydrogens (primary N) is 1. The van der Waals surface area contributed by atoms with Crippen LogP contribution in [0.1, 0.15) is 6.23 Å². The number of ether oxygens (including phenoxy) is 2. The first-order valence-electron chi connectivity index (χ1n) is 5.50. The summed E-state index contributed by atoms with van der Waals surface area (Å²) in [7, 11) is 0. The van der Waals surface area contributed by atoms with Crippen molar-refractivity contribution in [3.05, 3.63) is 22.7 Å². The largest absolute Gasteiger partial charge is 0.393 e. The van der Waals surface area contributed by atoms with Crippen LogP contribution in [0.4, 0.5) is 5.82 Å². The van der Waals surface area contributed by atoms with Gasteiger partial charge in [0, 0.05) is 6.20 Å². The van der Waals surface area contributed by atoms with Crippen LogP contribution in [0.5, 0.6) is 0 Å². The predicted octanol–water partition coefficient (Wildman–Crippen LogP) is -2.15. The molecule has 0 aromatic carbocycles. The Morgan fingerprint density at radius 2 is 2.44 bits per heavy atom. The molecule has 1 aromatic heterocycles. The normalized spacial score (nSPS) is 38.2. The number of rotatable bonds is 2. The van der Waals surface area contributed by atoms with Gasteiger partial charge in [-0.3, -0.25) is 4.57 Å². The zero-order valence-electron chi connectivity index (χ0n) is 9.39. The maximum absolute atomic E-state index is 11.7. The second-order valence-electron chi connectivity index (χ2n) is 4.49. The van der Waals surface area contributed by atoms with E-state index in [-0.39, 0.29) is 19.0 Å². The van der Waals surface area contributed by atoms with Crippen molar-refractivity contribution in [2.45, 2.75) is 24.0 Å². The molecule has 0 saturated carbocycles. The molecule has 2 fully saturated rings. The van der Waals surface area contributed by atoms with Gasteiger partial charge in [0.25, 0.3) is 0 Å². The van der Waals surface area contributed by atoms with Crippen molar-refractivity contribution in [2.75, 3.05) is 18.9 Å². The van der Waals surface area contributed by atoms with Gasteiger partial charge in [-0.1, -0.05) is 0 Å². The van der Waals surface area contributed by atoms with Crippen LogP contribution >= 0.6 is 0 Å². The lowest BCUT2D eigenvalue weighted by Gasteiger charge is -2.29. The van der Waals surface area contributed by atoms with Gasteiger partial charge in [0.1, 0.15) is 23.6 Å². The molecule has 3 rings (SSSR count). The zero-order valence-corrected chi connectivity index (χ0v) is 9.39. The summed E-state index contributed by atoms with van der Waals surface area (Å²) in [4.78, 5) is 15.3. The smallest absolute Gasteiger partial charge is 0.351 e. The minimum atomic E-state index is -1.16. The summed E-state index contributed by atoms with van der Waals surface area (Å²) in [6.07, 6.45) is -1.05. The summed E-state index contributed by atoms with van der Waals surface area (Å²) in [6, 6.07) is 1.45. The molecule has 8 nitrogen and oxygen atoms in total. The molecule has 2 bridgehead atoms. The third-order valence-electron chi connectivity index (χ3n) is 3.40. The molecule has 2 aliphatic heterocycles. The standard InChI is InChI=1S/C10H13N3O5/c11-5-1-2-13(9(16)12-5)8-6-7(15)10(3-14,18-8)4-17-6/h1-2,6-8,14-15H,3-4H2,(H2,11,12,16)/t6-,7-,8-,10+/m1/s1. The number of nitrogens with zero attached hydrogens (tertiary/aromatic N) is 2. The van der Waals surface area contributed by atoms with Crippen LogP contribution in [0.3, 0.4) is 0 Å². The third-order valence-corrected chi connectivity index (χ3v) is 3.40. The van der Waals surface area contributed by atoms with Gasteiger partial charge in [0.15, 0.2) is 6.23 Å². The van der Waals surface area contributed by atoms with Gasteiger partial charge in [-0.25, -0.2) is 4.79 Å². The van der Waals surface area contributed by atoms with Crippen LogP contribution in [-0.4, -0.2) is 50.8 Å². The quantitative estimate of drug-likeness (QED) is 0.550. The van der Waals surface area contributed by atoms with Gasteiger partial charge in [-0.15, -0.1) is 0 Å². The van der Waals surface area contributed by atoms with Crippen molar-refractivity contribution >= 4 is 5.82 Å². The number of aromatic nitrogens is 2. The SMILES string of the molecule is Nc1ccn([C@@H]2O[C@@]3(CO)CO[C@@H]2[C@H]3O)c(=O)n1. The zero-order chi connectivity index (χ0) is 12.9. The van der Waals surface area contributed by atoms with Crippen LogP contribution in [0.2, 0.25) is 0 Å². The van der Waals surface area contributed by atoms with E-state index in [0.29, 0.717) is 0 Å². The van der Waals surface area contributed by atoms with E-state index < -0.39 is 29.7 Å². The van der Waals surface area contributed by atoms with E-state index in [4.69, 9.17) is 15.2 Å².